The van der Waals surface area contributed by atoms with Crippen molar-refractivity contribution in [3.63, 3.8) is 0 Å². The average Bonchev–Trinajstić information content (AvgIpc) is 2.87. The summed E-state index contributed by atoms with van der Waals surface area (Å²) in [6.45, 7) is 2.23. The summed E-state index contributed by atoms with van der Waals surface area (Å²) in [5, 5.41) is 5.20. The summed E-state index contributed by atoms with van der Waals surface area (Å²) in [6, 6.07) is 26.3. The molecule has 0 aliphatic heterocycles. The lowest BCUT2D eigenvalue weighted by Gasteiger charge is -2.16. The van der Waals surface area contributed by atoms with Gasteiger partial charge in [0.25, 0.3) is 0 Å². The number of allylic oxidation sites excluding steroid dienone is 2. The van der Waals surface area contributed by atoms with Crippen molar-refractivity contribution in [2.24, 2.45) is 5.92 Å². The molecule has 0 radical (unpaired) electrons. The van der Waals surface area contributed by atoms with E-state index < -0.39 is 0 Å². The zero-order valence-corrected chi connectivity index (χ0v) is 14.8. The third kappa shape index (κ3) is 2.38. The Morgan fingerprint density at radius 3 is 2.23 bits per heavy atom. The summed E-state index contributed by atoms with van der Waals surface area (Å²) in [4.78, 5) is 0. The maximum absolute atomic E-state index is 2.32. The maximum Gasteiger partial charge on any atom is -0.00207 e. The Kier molecular flexibility index (Phi) is 3.50. The lowest BCUT2D eigenvalue weighted by atomic mass is 9.87. The third-order valence-corrected chi connectivity index (χ3v) is 5.33. The molecule has 1 aliphatic carbocycles. The van der Waals surface area contributed by atoms with E-state index in [1.54, 1.807) is 0 Å². The van der Waals surface area contributed by atoms with E-state index in [4.69, 9.17) is 0 Å². The minimum atomic E-state index is 0.450. The number of hydrogen-bond donors (Lipinski definition) is 0. The van der Waals surface area contributed by atoms with Gasteiger partial charge >= 0.3 is 0 Å². The van der Waals surface area contributed by atoms with E-state index in [-0.39, 0.29) is 0 Å². The zero-order chi connectivity index (χ0) is 17.5. The van der Waals surface area contributed by atoms with Gasteiger partial charge in [-0.3, -0.25) is 0 Å². The summed E-state index contributed by atoms with van der Waals surface area (Å²) in [7, 11) is 0. The fourth-order valence-electron chi connectivity index (χ4n) is 4.00. The van der Waals surface area contributed by atoms with Gasteiger partial charge in [0.05, 0.1) is 0 Å². The fourth-order valence-corrected chi connectivity index (χ4v) is 4.00. The predicted molar refractivity (Wildman–Crippen MR) is 114 cm³/mol. The Morgan fingerprint density at radius 2 is 1.35 bits per heavy atom. The van der Waals surface area contributed by atoms with Crippen LogP contribution in [-0.4, -0.2) is 0 Å². The van der Waals surface area contributed by atoms with Crippen LogP contribution >= 0.6 is 0 Å². The van der Waals surface area contributed by atoms with E-state index in [9.17, 15) is 0 Å². The number of benzene rings is 4. The highest BCUT2D eigenvalue weighted by Crippen LogP contribution is 2.40. The molecule has 0 nitrogen and oxygen atoms in total. The molecule has 0 aromatic heterocycles. The number of rotatable bonds is 1. The van der Waals surface area contributed by atoms with Crippen molar-refractivity contribution in [2.45, 2.75) is 6.92 Å². The molecule has 4 aromatic rings. The smallest absolute Gasteiger partial charge is 0.00207 e. The van der Waals surface area contributed by atoms with Gasteiger partial charge in [0, 0.05) is 0 Å². The van der Waals surface area contributed by atoms with Crippen molar-refractivity contribution in [1.82, 2.24) is 0 Å². The summed E-state index contributed by atoms with van der Waals surface area (Å²) in [6.07, 6.45) is 9.17. The van der Waals surface area contributed by atoms with Crippen molar-refractivity contribution in [1.29, 1.82) is 0 Å². The van der Waals surface area contributed by atoms with Crippen molar-refractivity contribution >= 4 is 33.7 Å². The summed E-state index contributed by atoms with van der Waals surface area (Å²) in [5.41, 5.74) is 5.27. The minimum absolute atomic E-state index is 0.450. The van der Waals surface area contributed by atoms with Crippen LogP contribution in [0.2, 0.25) is 0 Å². The quantitative estimate of drug-likeness (QED) is 0.342. The van der Waals surface area contributed by atoms with E-state index in [2.05, 4.69) is 104 Å². The van der Waals surface area contributed by atoms with Crippen molar-refractivity contribution in [3.8, 4) is 11.1 Å². The monoisotopic (exact) mass is 332 g/mol. The third-order valence-electron chi connectivity index (χ3n) is 5.33. The lowest BCUT2D eigenvalue weighted by molar-refractivity contribution is 0.954. The van der Waals surface area contributed by atoms with Gasteiger partial charge in [-0.15, -0.1) is 0 Å². The predicted octanol–water partition coefficient (Wildman–Crippen LogP) is 7.34. The Morgan fingerprint density at radius 1 is 0.654 bits per heavy atom. The average molecular weight is 332 g/mol. The van der Waals surface area contributed by atoms with Crippen LogP contribution in [0.3, 0.4) is 0 Å². The summed E-state index contributed by atoms with van der Waals surface area (Å²) >= 11 is 0. The molecule has 124 valence electrons. The highest BCUT2D eigenvalue weighted by molar-refractivity contribution is 6.09. The largest absolute Gasteiger partial charge is 0.0773 e. The molecule has 0 amide bonds. The Bertz CT molecular complexity index is 1190. The van der Waals surface area contributed by atoms with Gasteiger partial charge in [0.1, 0.15) is 0 Å². The highest BCUT2D eigenvalue weighted by Gasteiger charge is 2.15. The standard InChI is InChI=1S/C26H20/c1-18-13-15-21-17-20-8-3-5-11-23(20)26(24(21)16-14-18)25-12-6-9-19-7-2-4-10-22(19)25/h2-18H,1H3. The summed E-state index contributed by atoms with van der Waals surface area (Å²) < 4.78 is 0. The van der Waals surface area contributed by atoms with E-state index in [0.717, 1.165) is 0 Å². The first-order chi connectivity index (χ1) is 12.8. The second-order valence-electron chi connectivity index (χ2n) is 7.08. The molecule has 5 rings (SSSR count). The van der Waals surface area contributed by atoms with Crippen LogP contribution < -0.4 is 0 Å². The van der Waals surface area contributed by atoms with E-state index >= 15 is 0 Å². The lowest BCUT2D eigenvalue weighted by Crippen LogP contribution is -1.92. The van der Waals surface area contributed by atoms with E-state index in [0.29, 0.717) is 5.92 Å². The molecule has 0 saturated carbocycles. The zero-order valence-electron chi connectivity index (χ0n) is 14.8. The van der Waals surface area contributed by atoms with Crippen molar-refractivity contribution in [2.75, 3.05) is 0 Å². The first-order valence-corrected chi connectivity index (χ1v) is 9.21. The van der Waals surface area contributed by atoms with Gasteiger partial charge in [0.2, 0.25) is 0 Å². The highest BCUT2D eigenvalue weighted by atomic mass is 14.2. The summed E-state index contributed by atoms with van der Waals surface area (Å²) in [5.74, 6) is 0.450. The molecule has 4 aromatic carbocycles. The van der Waals surface area contributed by atoms with Gasteiger partial charge in [-0.2, -0.15) is 0 Å². The molecule has 0 fully saturated rings. The number of fused-ring (bicyclic) bond motifs is 3. The van der Waals surface area contributed by atoms with Crippen LogP contribution in [-0.2, 0) is 0 Å². The van der Waals surface area contributed by atoms with Gasteiger partial charge < -0.3 is 0 Å². The van der Waals surface area contributed by atoms with Gasteiger partial charge in [-0.05, 0) is 55.8 Å². The molecule has 1 atom stereocenters. The second-order valence-corrected chi connectivity index (χ2v) is 7.08. The van der Waals surface area contributed by atoms with Crippen LogP contribution in [0.5, 0.6) is 0 Å². The molecule has 0 bridgehead atoms. The molecule has 0 heterocycles. The van der Waals surface area contributed by atoms with Crippen LogP contribution in [0.15, 0.2) is 84.9 Å². The fraction of sp³-hybridized carbons (Fsp3) is 0.0769. The SMILES string of the molecule is CC1C=Cc2cc3ccccc3c(-c3cccc4ccccc34)c2C=C1. The topological polar surface area (TPSA) is 0 Å². The van der Waals surface area contributed by atoms with Crippen LogP contribution in [0.25, 0.3) is 44.8 Å². The molecular formula is C26H20. The molecule has 0 N–H and O–H groups in total. The molecular weight excluding hydrogens is 312 g/mol. The molecule has 1 unspecified atom stereocenters. The second kappa shape index (κ2) is 6.00. The first-order valence-electron chi connectivity index (χ1n) is 9.21. The first kappa shape index (κ1) is 15.2. The van der Waals surface area contributed by atoms with Gasteiger partial charge in [-0.25, -0.2) is 0 Å². The van der Waals surface area contributed by atoms with E-state index in [1.165, 1.54) is 43.8 Å². The Balaban J connectivity index is 1.96. The maximum atomic E-state index is 2.32. The van der Waals surface area contributed by atoms with Crippen molar-refractivity contribution in [3.05, 3.63) is 96.1 Å². The molecule has 0 saturated heterocycles. The Labute approximate surface area is 154 Å². The van der Waals surface area contributed by atoms with E-state index in [1.807, 2.05) is 0 Å². The normalized spacial score (nSPS) is 16.0. The molecule has 0 heteroatoms. The Hall–Kier alpha value is -3.12. The van der Waals surface area contributed by atoms with Crippen LogP contribution in [0.1, 0.15) is 18.1 Å². The van der Waals surface area contributed by atoms with Gasteiger partial charge in [0.15, 0.2) is 0 Å². The minimum Gasteiger partial charge on any atom is -0.0773 e. The van der Waals surface area contributed by atoms with Crippen LogP contribution in [0.4, 0.5) is 0 Å². The number of hydrogen-bond acceptors (Lipinski definition) is 0. The van der Waals surface area contributed by atoms with Crippen molar-refractivity contribution < 1.29 is 0 Å². The molecule has 0 spiro atoms. The molecule has 1 aliphatic rings. The van der Waals surface area contributed by atoms with Crippen LogP contribution in [0, 0.1) is 5.92 Å². The molecule has 26 heavy (non-hydrogen) atoms. The van der Waals surface area contributed by atoms with Gasteiger partial charge in [-0.1, -0.05) is 98.0 Å².